The fraction of sp³-hybridized carbons (Fsp3) is 0.826. The van der Waals surface area contributed by atoms with Gasteiger partial charge in [-0.05, 0) is 62.4 Å². The Bertz CT molecular complexity index is 630. The smallest absolute Gasteiger partial charge is 0.331 e. The molecule has 6 nitrogen and oxygen atoms in total. The number of carbonyl (C=O) groups is 2. The Morgan fingerprint density at radius 3 is 1.48 bits per heavy atom. The summed E-state index contributed by atoms with van der Waals surface area (Å²) >= 11 is 0. The first-order valence-corrected chi connectivity index (χ1v) is 10.6. The number of hydrogen-bond donors (Lipinski definition) is 1. The van der Waals surface area contributed by atoms with Crippen LogP contribution in [0.1, 0.15) is 81.1 Å². The standard InChI is InChI=1S/C23H40N2O4/c1-20(2)12-16(13-21(3,4)24-20)28-18(26)10-11-19(27)29-17-14-22(5,6)25(9)23(7,8)15-17/h10-11,16-17,24H,12-15H2,1-9H3. The van der Waals surface area contributed by atoms with E-state index >= 15 is 0 Å². The van der Waals surface area contributed by atoms with Gasteiger partial charge < -0.3 is 14.8 Å². The zero-order valence-corrected chi connectivity index (χ0v) is 19.7. The van der Waals surface area contributed by atoms with E-state index in [4.69, 9.17) is 9.47 Å². The maximum Gasteiger partial charge on any atom is 0.331 e. The van der Waals surface area contributed by atoms with Crippen molar-refractivity contribution in [3.05, 3.63) is 12.2 Å². The van der Waals surface area contributed by atoms with Crippen LogP contribution >= 0.6 is 0 Å². The lowest BCUT2D eigenvalue weighted by molar-refractivity contribution is -0.154. The first kappa shape index (κ1) is 23.9. The molecular formula is C23H40N2O4. The van der Waals surface area contributed by atoms with Crippen molar-refractivity contribution in [2.24, 2.45) is 0 Å². The number of carbonyl (C=O) groups excluding carboxylic acids is 2. The van der Waals surface area contributed by atoms with Crippen molar-refractivity contribution >= 4 is 11.9 Å². The molecule has 0 radical (unpaired) electrons. The SMILES string of the molecule is CN1C(C)(C)CC(OC(=O)C=CC(=O)OC2CC(C)(C)NC(C)(C)C2)CC1(C)C. The van der Waals surface area contributed by atoms with Crippen molar-refractivity contribution in [3.63, 3.8) is 0 Å². The van der Waals surface area contributed by atoms with Crippen LogP contribution in [0.4, 0.5) is 0 Å². The molecule has 6 heteroatoms. The highest BCUT2D eigenvalue weighted by Crippen LogP contribution is 2.38. The maximum absolute atomic E-state index is 12.3. The average molecular weight is 409 g/mol. The second kappa shape index (κ2) is 8.03. The lowest BCUT2D eigenvalue weighted by Gasteiger charge is -2.53. The van der Waals surface area contributed by atoms with Crippen LogP contribution in [0.15, 0.2) is 12.2 Å². The van der Waals surface area contributed by atoms with Gasteiger partial charge in [-0.1, -0.05) is 0 Å². The topological polar surface area (TPSA) is 67.9 Å². The lowest BCUT2D eigenvalue weighted by atomic mass is 9.79. The molecule has 0 aromatic rings. The van der Waals surface area contributed by atoms with Crippen molar-refractivity contribution in [3.8, 4) is 0 Å². The Morgan fingerprint density at radius 1 is 0.759 bits per heavy atom. The Morgan fingerprint density at radius 2 is 1.10 bits per heavy atom. The second-order valence-electron chi connectivity index (χ2n) is 11.3. The first-order chi connectivity index (χ1) is 13.0. The first-order valence-electron chi connectivity index (χ1n) is 10.6. The summed E-state index contributed by atoms with van der Waals surface area (Å²) in [5.41, 5.74) is -0.347. The van der Waals surface area contributed by atoms with Gasteiger partial charge in [-0.2, -0.15) is 0 Å². The van der Waals surface area contributed by atoms with E-state index in [2.05, 4.69) is 72.7 Å². The molecule has 0 saturated carbocycles. The van der Waals surface area contributed by atoms with Gasteiger partial charge in [0.15, 0.2) is 0 Å². The van der Waals surface area contributed by atoms with Crippen LogP contribution in [0.2, 0.25) is 0 Å². The molecule has 1 N–H and O–H groups in total. The van der Waals surface area contributed by atoms with Crippen LogP contribution in [-0.4, -0.2) is 58.2 Å². The van der Waals surface area contributed by atoms with Gasteiger partial charge in [0.1, 0.15) is 12.2 Å². The number of esters is 2. The Balaban J connectivity index is 1.90. The summed E-state index contributed by atoms with van der Waals surface area (Å²) in [7, 11) is 2.11. The third kappa shape index (κ3) is 6.54. The highest BCUT2D eigenvalue weighted by atomic mass is 16.5. The average Bonchev–Trinajstić information content (AvgIpc) is 2.46. The molecule has 2 saturated heterocycles. The number of hydrogen-bond acceptors (Lipinski definition) is 6. The van der Waals surface area contributed by atoms with Crippen molar-refractivity contribution < 1.29 is 19.1 Å². The summed E-state index contributed by atoms with van der Waals surface area (Å²) in [4.78, 5) is 26.8. The molecule has 2 heterocycles. The van der Waals surface area contributed by atoms with Crippen LogP contribution in [0.3, 0.4) is 0 Å². The van der Waals surface area contributed by atoms with Gasteiger partial charge in [0.25, 0.3) is 0 Å². The molecule has 0 aliphatic carbocycles. The summed E-state index contributed by atoms with van der Waals surface area (Å²) in [6.07, 6.45) is 5.03. The number of piperidine rings is 2. The molecule has 0 aromatic carbocycles. The van der Waals surface area contributed by atoms with Gasteiger partial charge in [-0.25, -0.2) is 9.59 Å². The van der Waals surface area contributed by atoms with Crippen LogP contribution < -0.4 is 5.32 Å². The maximum atomic E-state index is 12.3. The number of rotatable bonds is 4. The molecule has 0 atom stereocenters. The predicted octanol–water partition coefficient (Wildman–Crippen LogP) is 3.59. The molecule has 2 fully saturated rings. The van der Waals surface area contributed by atoms with E-state index in [1.165, 1.54) is 12.2 Å². The summed E-state index contributed by atoms with van der Waals surface area (Å²) in [6.45, 7) is 17.0. The van der Waals surface area contributed by atoms with E-state index in [-0.39, 0.29) is 34.4 Å². The normalized spacial score (nSPS) is 26.9. The Hall–Kier alpha value is -1.40. The van der Waals surface area contributed by atoms with E-state index in [1.807, 2.05) is 0 Å². The lowest BCUT2D eigenvalue weighted by Crippen LogP contribution is -2.60. The molecule has 0 unspecified atom stereocenters. The van der Waals surface area contributed by atoms with Gasteiger partial charge in [0.05, 0.1) is 0 Å². The molecule has 166 valence electrons. The van der Waals surface area contributed by atoms with Crippen molar-refractivity contribution in [2.75, 3.05) is 7.05 Å². The molecule has 0 bridgehead atoms. The number of nitrogens with one attached hydrogen (secondary N) is 1. The number of ether oxygens (including phenoxy) is 2. The van der Waals surface area contributed by atoms with Crippen LogP contribution in [0, 0.1) is 0 Å². The van der Waals surface area contributed by atoms with Gasteiger partial charge >= 0.3 is 11.9 Å². The van der Waals surface area contributed by atoms with E-state index in [1.54, 1.807) is 0 Å². The predicted molar refractivity (Wildman–Crippen MR) is 115 cm³/mol. The molecule has 0 spiro atoms. The van der Waals surface area contributed by atoms with Gasteiger partial charge in [-0.3, -0.25) is 4.90 Å². The van der Waals surface area contributed by atoms with Crippen LogP contribution in [0.5, 0.6) is 0 Å². The molecule has 2 aliphatic rings. The minimum absolute atomic E-state index is 0.0655. The van der Waals surface area contributed by atoms with Crippen LogP contribution in [0.25, 0.3) is 0 Å². The fourth-order valence-corrected chi connectivity index (χ4v) is 5.22. The molecule has 0 aromatic heterocycles. The van der Waals surface area contributed by atoms with Gasteiger partial charge in [0, 0.05) is 60.0 Å². The monoisotopic (exact) mass is 408 g/mol. The molecule has 29 heavy (non-hydrogen) atoms. The molecule has 2 rings (SSSR count). The minimum Gasteiger partial charge on any atom is -0.459 e. The summed E-state index contributed by atoms with van der Waals surface area (Å²) in [5.74, 6) is -0.987. The van der Waals surface area contributed by atoms with Crippen molar-refractivity contribution in [2.45, 2.75) is 115 Å². The van der Waals surface area contributed by atoms with Gasteiger partial charge in [-0.15, -0.1) is 0 Å². The van der Waals surface area contributed by atoms with Gasteiger partial charge in [0.2, 0.25) is 0 Å². The quantitative estimate of drug-likeness (QED) is 0.566. The summed E-state index contributed by atoms with van der Waals surface area (Å²) < 4.78 is 11.3. The van der Waals surface area contributed by atoms with E-state index in [9.17, 15) is 9.59 Å². The number of likely N-dealkylation sites (tertiary alicyclic amines) is 1. The summed E-state index contributed by atoms with van der Waals surface area (Å²) in [6, 6.07) is 0. The highest BCUT2D eigenvalue weighted by molar-refractivity contribution is 5.91. The Kier molecular flexibility index (Phi) is 6.61. The zero-order valence-electron chi connectivity index (χ0n) is 19.7. The largest absolute Gasteiger partial charge is 0.459 e. The van der Waals surface area contributed by atoms with Crippen molar-refractivity contribution in [1.29, 1.82) is 0 Å². The van der Waals surface area contributed by atoms with Crippen LogP contribution in [-0.2, 0) is 19.1 Å². The van der Waals surface area contributed by atoms with E-state index < -0.39 is 11.9 Å². The highest BCUT2D eigenvalue weighted by Gasteiger charge is 2.44. The third-order valence-corrected chi connectivity index (χ3v) is 6.34. The Labute approximate surface area is 176 Å². The van der Waals surface area contributed by atoms with Crippen molar-refractivity contribution in [1.82, 2.24) is 10.2 Å². The van der Waals surface area contributed by atoms with E-state index in [0.717, 1.165) is 25.7 Å². The third-order valence-electron chi connectivity index (χ3n) is 6.34. The molecule has 0 amide bonds. The fourth-order valence-electron chi connectivity index (χ4n) is 5.22. The number of nitrogens with zero attached hydrogens (tertiary/aromatic N) is 1. The minimum atomic E-state index is -0.496. The zero-order chi connectivity index (χ0) is 22.3. The second-order valence-corrected chi connectivity index (χ2v) is 11.3. The summed E-state index contributed by atoms with van der Waals surface area (Å²) in [5, 5.41) is 3.56. The van der Waals surface area contributed by atoms with E-state index in [0.29, 0.717) is 0 Å². The molecular weight excluding hydrogens is 368 g/mol. The molecule has 2 aliphatic heterocycles.